The number of thiocarbonyl (C=S) groups is 1. The molecule has 2 nitrogen and oxygen atoms in total. The maximum Gasteiger partial charge on any atom is 0.144 e. The monoisotopic (exact) mass is 398 g/mol. The smallest absolute Gasteiger partial charge is 0.144 e. The number of rotatable bonds is 2. The zero-order valence-corrected chi connectivity index (χ0v) is 18.9. The van der Waals surface area contributed by atoms with Gasteiger partial charge < -0.3 is 9.80 Å². The van der Waals surface area contributed by atoms with Crippen LogP contribution in [0.3, 0.4) is 0 Å². The Morgan fingerprint density at radius 1 is 0.741 bits per heavy atom. The zero-order chi connectivity index (χ0) is 19.8. The first-order chi connectivity index (χ1) is 12.6. The van der Waals surface area contributed by atoms with Crippen LogP contribution in [0.5, 0.6) is 0 Å². The first-order valence-electron chi connectivity index (χ1n) is 9.46. The van der Waals surface area contributed by atoms with E-state index in [-0.39, 0.29) is 10.8 Å². The Balaban J connectivity index is 1.79. The van der Waals surface area contributed by atoms with E-state index >= 15 is 0 Å². The van der Waals surface area contributed by atoms with Gasteiger partial charge in [0.05, 0.1) is 12.5 Å². The minimum atomic E-state index is 0.163. The van der Waals surface area contributed by atoms with Gasteiger partial charge in [-0.3, -0.25) is 0 Å². The van der Waals surface area contributed by atoms with E-state index in [0.29, 0.717) is 0 Å². The van der Waals surface area contributed by atoms with Crippen molar-refractivity contribution in [2.24, 2.45) is 0 Å². The molecule has 0 unspecified atom stereocenters. The van der Waals surface area contributed by atoms with Crippen LogP contribution in [0.15, 0.2) is 48.5 Å². The summed E-state index contributed by atoms with van der Waals surface area (Å²) in [4.78, 5) is 4.61. The Bertz CT molecular complexity index is 796. The molecule has 144 valence electrons. The molecule has 0 saturated carbocycles. The minimum Gasteiger partial charge on any atom is -0.344 e. The Morgan fingerprint density at radius 3 is 1.63 bits per heavy atom. The topological polar surface area (TPSA) is 6.48 Å². The maximum absolute atomic E-state index is 5.65. The predicted molar refractivity (Wildman–Crippen MR) is 125 cm³/mol. The number of benzene rings is 2. The van der Waals surface area contributed by atoms with Gasteiger partial charge in [0.25, 0.3) is 0 Å². The second kappa shape index (κ2) is 7.48. The average molecular weight is 399 g/mol. The van der Waals surface area contributed by atoms with Gasteiger partial charge in [-0.15, -0.1) is 0 Å². The minimum absolute atomic E-state index is 0.163. The van der Waals surface area contributed by atoms with Crippen LogP contribution in [0, 0.1) is 0 Å². The molecular formula is C23H30N2S2. The van der Waals surface area contributed by atoms with Gasteiger partial charge >= 0.3 is 0 Å². The number of thioether (sulfide) groups is 1. The second-order valence-corrected chi connectivity index (χ2v) is 10.8. The highest BCUT2D eigenvalue weighted by Gasteiger charge is 2.24. The van der Waals surface area contributed by atoms with Crippen LogP contribution >= 0.6 is 24.0 Å². The molecule has 1 aliphatic heterocycles. The summed E-state index contributed by atoms with van der Waals surface area (Å²) in [6.45, 7) is 14.3. The van der Waals surface area contributed by atoms with Crippen LogP contribution < -0.4 is 9.80 Å². The lowest BCUT2D eigenvalue weighted by Gasteiger charge is -2.38. The van der Waals surface area contributed by atoms with E-state index in [1.807, 2.05) is 0 Å². The molecule has 0 spiro atoms. The van der Waals surface area contributed by atoms with Gasteiger partial charge in [0.1, 0.15) is 4.32 Å². The molecule has 0 aromatic heterocycles. The number of hydrogen-bond acceptors (Lipinski definition) is 3. The van der Waals surface area contributed by atoms with Gasteiger partial charge in [-0.05, 0) is 46.2 Å². The molecule has 0 radical (unpaired) electrons. The summed E-state index contributed by atoms with van der Waals surface area (Å²) < 4.78 is 0.945. The van der Waals surface area contributed by atoms with Gasteiger partial charge in [-0.2, -0.15) is 0 Å². The lowest BCUT2D eigenvalue weighted by Crippen LogP contribution is -2.45. The Morgan fingerprint density at radius 2 is 1.19 bits per heavy atom. The van der Waals surface area contributed by atoms with Gasteiger partial charge in [-0.25, -0.2) is 0 Å². The molecule has 2 aromatic carbocycles. The zero-order valence-electron chi connectivity index (χ0n) is 17.2. The summed E-state index contributed by atoms with van der Waals surface area (Å²) in [6.07, 6.45) is 0. The largest absolute Gasteiger partial charge is 0.344 e. The van der Waals surface area contributed by atoms with Gasteiger partial charge in [0.15, 0.2) is 0 Å². The normalized spacial score (nSPS) is 16.0. The van der Waals surface area contributed by atoms with Crippen LogP contribution in [-0.2, 0) is 10.8 Å². The molecule has 1 aliphatic rings. The van der Waals surface area contributed by atoms with E-state index in [0.717, 1.165) is 22.6 Å². The van der Waals surface area contributed by atoms with Crippen LogP contribution in [0.4, 0.5) is 11.4 Å². The van der Waals surface area contributed by atoms with Crippen molar-refractivity contribution in [2.45, 2.75) is 52.4 Å². The molecule has 2 aromatic rings. The maximum atomic E-state index is 5.65. The highest BCUT2D eigenvalue weighted by molar-refractivity contribution is 8.23. The molecule has 1 fully saturated rings. The van der Waals surface area contributed by atoms with E-state index in [1.165, 1.54) is 16.8 Å². The molecule has 3 rings (SSSR count). The fraction of sp³-hybridized carbons (Fsp3) is 0.435. The lowest BCUT2D eigenvalue weighted by atomic mass is 9.87. The number of anilines is 2. The van der Waals surface area contributed by atoms with Crippen LogP contribution in [0.25, 0.3) is 0 Å². The standard InChI is InChI=1S/C23H30N2S2/c1-22(2,3)17-7-11-19(12-8-17)24-15-25(21(26)27-16-24)20-13-9-18(10-14-20)23(4,5)6/h7-14H,15-16H2,1-6H3. The molecule has 0 bridgehead atoms. The highest BCUT2D eigenvalue weighted by Crippen LogP contribution is 2.32. The first-order valence-corrected chi connectivity index (χ1v) is 10.9. The molecule has 1 heterocycles. The van der Waals surface area contributed by atoms with E-state index in [9.17, 15) is 0 Å². The van der Waals surface area contributed by atoms with Crippen molar-refractivity contribution in [3.63, 3.8) is 0 Å². The molecule has 0 atom stereocenters. The van der Waals surface area contributed by atoms with Gasteiger partial charge in [0, 0.05) is 11.4 Å². The molecule has 0 N–H and O–H groups in total. The van der Waals surface area contributed by atoms with E-state index < -0.39 is 0 Å². The molecular weight excluding hydrogens is 368 g/mol. The summed E-state index contributed by atoms with van der Waals surface area (Å²) in [5, 5.41) is 0. The van der Waals surface area contributed by atoms with Crippen molar-refractivity contribution in [3.8, 4) is 0 Å². The molecule has 0 aliphatic carbocycles. The third-order valence-electron chi connectivity index (χ3n) is 5.02. The van der Waals surface area contributed by atoms with Crippen molar-refractivity contribution in [1.29, 1.82) is 0 Å². The SMILES string of the molecule is CC(C)(C)c1ccc(N2CSC(=S)N(c3ccc(C(C)(C)C)cc3)C2)cc1. The molecule has 0 amide bonds. The number of hydrogen-bond donors (Lipinski definition) is 0. The molecule has 27 heavy (non-hydrogen) atoms. The predicted octanol–water partition coefficient (Wildman–Crippen LogP) is 6.54. The Labute approximate surface area is 173 Å². The fourth-order valence-corrected chi connectivity index (χ4v) is 4.27. The summed E-state index contributed by atoms with van der Waals surface area (Å²) in [6, 6.07) is 17.8. The summed E-state index contributed by atoms with van der Waals surface area (Å²) in [5.74, 6) is 0.893. The summed E-state index contributed by atoms with van der Waals surface area (Å²) in [7, 11) is 0. The van der Waals surface area contributed by atoms with Crippen molar-refractivity contribution in [1.82, 2.24) is 0 Å². The summed E-state index contributed by atoms with van der Waals surface area (Å²) in [5.41, 5.74) is 5.46. The van der Waals surface area contributed by atoms with Crippen molar-refractivity contribution in [2.75, 3.05) is 22.3 Å². The van der Waals surface area contributed by atoms with E-state index in [2.05, 4.69) is 99.9 Å². The van der Waals surface area contributed by atoms with E-state index in [4.69, 9.17) is 12.2 Å². The average Bonchev–Trinajstić information content (AvgIpc) is 2.61. The van der Waals surface area contributed by atoms with Crippen LogP contribution in [-0.4, -0.2) is 16.9 Å². The molecule has 4 heteroatoms. The third kappa shape index (κ3) is 4.67. The second-order valence-electron chi connectivity index (χ2n) is 9.24. The summed E-state index contributed by atoms with van der Waals surface area (Å²) >= 11 is 7.38. The quantitative estimate of drug-likeness (QED) is 0.530. The third-order valence-corrected chi connectivity index (χ3v) is 6.50. The van der Waals surface area contributed by atoms with Crippen molar-refractivity contribution in [3.05, 3.63) is 59.7 Å². The Hall–Kier alpha value is -1.52. The highest BCUT2D eigenvalue weighted by atomic mass is 32.2. The van der Waals surface area contributed by atoms with Gasteiger partial charge in [0.2, 0.25) is 0 Å². The van der Waals surface area contributed by atoms with Crippen LogP contribution in [0.1, 0.15) is 52.7 Å². The lowest BCUT2D eigenvalue weighted by molar-refractivity contribution is 0.590. The number of nitrogens with zero attached hydrogens (tertiary/aromatic N) is 2. The Kier molecular flexibility index (Phi) is 5.60. The fourth-order valence-electron chi connectivity index (χ4n) is 3.14. The van der Waals surface area contributed by atoms with Crippen molar-refractivity contribution >= 4 is 39.7 Å². The van der Waals surface area contributed by atoms with Crippen LogP contribution in [0.2, 0.25) is 0 Å². The molecule has 1 saturated heterocycles. The van der Waals surface area contributed by atoms with E-state index in [1.54, 1.807) is 11.8 Å². The van der Waals surface area contributed by atoms with Crippen molar-refractivity contribution < 1.29 is 0 Å². The van der Waals surface area contributed by atoms with Gasteiger partial charge in [-0.1, -0.05) is 89.8 Å². The first kappa shape index (κ1) is 20.2.